The zero-order valence-electron chi connectivity index (χ0n) is 25.6. The average Bonchev–Trinajstić information content (AvgIpc) is 3.44. The van der Waals surface area contributed by atoms with Crippen LogP contribution in [0.2, 0.25) is 0 Å². The van der Waals surface area contributed by atoms with Crippen LogP contribution in [0.4, 0.5) is 23.7 Å². The summed E-state index contributed by atoms with van der Waals surface area (Å²) in [6, 6.07) is 16.9. The summed E-state index contributed by atoms with van der Waals surface area (Å²) in [5.41, 5.74) is 7.49. The van der Waals surface area contributed by atoms with Crippen molar-refractivity contribution in [2.75, 3.05) is 10.7 Å². The largest absolute Gasteiger partial charge is 0.573 e. The van der Waals surface area contributed by atoms with Crippen molar-refractivity contribution in [1.29, 1.82) is 0 Å². The van der Waals surface area contributed by atoms with Crippen molar-refractivity contribution in [3.8, 4) is 22.8 Å². The second kappa shape index (κ2) is 13.3. The smallest absolute Gasteiger partial charge is 0.406 e. The van der Waals surface area contributed by atoms with Gasteiger partial charge in [0.25, 0.3) is 0 Å². The number of carbonyl (C=O) groups is 1. The van der Waals surface area contributed by atoms with Gasteiger partial charge in [0.05, 0.1) is 5.69 Å². The molecule has 2 heterocycles. The van der Waals surface area contributed by atoms with Gasteiger partial charge in [-0.25, -0.2) is 19.5 Å². The molecule has 3 aromatic carbocycles. The van der Waals surface area contributed by atoms with E-state index >= 15 is 0 Å². The number of ether oxygens (including phenoxy) is 1. The number of carbonyl (C=O) groups excluding carboxylic acids is 1. The van der Waals surface area contributed by atoms with E-state index in [1.54, 1.807) is 11.8 Å². The van der Waals surface area contributed by atoms with E-state index in [2.05, 4.69) is 69.5 Å². The molecule has 5 rings (SSSR count). The number of hydrogen-bond acceptors (Lipinski definition) is 5. The predicted molar refractivity (Wildman–Crippen MR) is 173 cm³/mol. The molecule has 234 valence electrons. The van der Waals surface area contributed by atoms with E-state index in [1.165, 1.54) is 40.8 Å². The number of aliphatic imine (C=N–C) groups is 2. The molecule has 1 unspecified atom stereocenters. The summed E-state index contributed by atoms with van der Waals surface area (Å²) in [4.78, 5) is 28.2. The molecule has 45 heavy (non-hydrogen) atoms. The maximum atomic E-state index is 13.0. The molecular weight excluding hydrogens is 601 g/mol. The number of hydrogen-bond donors (Lipinski definition) is 0. The lowest BCUT2D eigenvalue weighted by atomic mass is 10.0. The van der Waals surface area contributed by atoms with Gasteiger partial charge in [0.15, 0.2) is 11.0 Å². The van der Waals surface area contributed by atoms with E-state index in [4.69, 9.17) is 0 Å². The topological polar surface area (TPSA) is 85.0 Å². The third-order valence-corrected chi connectivity index (χ3v) is 8.25. The molecule has 1 aliphatic rings. The average molecular weight is 635 g/mol. The predicted octanol–water partition coefficient (Wildman–Crippen LogP) is 8.27. The van der Waals surface area contributed by atoms with E-state index in [0.29, 0.717) is 28.8 Å². The number of aryl methyl sites for hydroxylation is 3. The fourth-order valence-electron chi connectivity index (χ4n) is 5.36. The van der Waals surface area contributed by atoms with Crippen LogP contribution >= 0.6 is 11.8 Å². The first-order valence-electron chi connectivity index (χ1n) is 14.4. The zero-order chi connectivity index (χ0) is 32.3. The summed E-state index contributed by atoms with van der Waals surface area (Å²) < 4.78 is 42.7. The monoisotopic (exact) mass is 634 g/mol. The highest BCUT2D eigenvalue weighted by Crippen LogP contribution is 2.34. The van der Waals surface area contributed by atoms with Crippen molar-refractivity contribution in [3.63, 3.8) is 0 Å². The minimum atomic E-state index is -4.75. The molecule has 0 bridgehead atoms. The molecule has 0 N–H and O–H groups in total. The fraction of sp³-hybridized carbons (Fsp3) is 0.303. The molecule has 12 heteroatoms. The molecule has 0 aliphatic carbocycles. The molecule has 1 atom stereocenters. The first-order valence-corrected chi connectivity index (χ1v) is 15.4. The van der Waals surface area contributed by atoms with Crippen LogP contribution in [-0.4, -0.2) is 49.8 Å². The minimum absolute atomic E-state index is 0.209. The highest BCUT2D eigenvalue weighted by atomic mass is 32.2. The van der Waals surface area contributed by atoms with Gasteiger partial charge >= 0.3 is 12.4 Å². The first-order chi connectivity index (χ1) is 21.4. The van der Waals surface area contributed by atoms with Crippen molar-refractivity contribution in [3.05, 3.63) is 89.2 Å². The molecule has 1 saturated heterocycles. The molecule has 1 aliphatic heterocycles. The maximum absolute atomic E-state index is 13.0. The summed E-state index contributed by atoms with van der Waals surface area (Å²) in [7, 11) is 0. The number of rotatable bonds is 6. The third kappa shape index (κ3) is 7.99. The molecule has 0 saturated carbocycles. The molecule has 0 spiro atoms. The summed E-state index contributed by atoms with van der Waals surface area (Å²) in [6.45, 7) is 10.2. The number of alkyl halides is 3. The Balaban J connectivity index is 1.25. The molecule has 2 amide bonds. The molecule has 1 aromatic heterocycles. The molecule has 8 nitrogen and oxygen atoms in total. The van der Waals surface area contributed by atoms with E-state index in [0.717, 1.165) is 40.1 Å². The number of nitrogens with zero attached hydrogens (tertiary/aromatic N) is 6. The van der Waals surface area contributed by atoms with Gasteiger partial charge < -0.3 is 9.64 Å². The van der Waals surface area contributed by atoms with Crippen molar-refractivity contribution < 1.29 is 22.7 Å². The number of benzene rings is 3. The molecular formula is C33H33F3N6O2S. The zero-order valence-corrected chi connectivity index (χ0v) is 26.4. The number of thioether (sulfide) groups is 1. The standard InChI is InChI=1S/C33H33F3N6O2S/c1-20-16-21(2)29(22(3)17-20)42-24(5)14-15-45-32(42)39-31(43)38-23(4)18-25-6-8-26(9-7-25)30-37-19-41(40-30)27-10-12-28(13-11-27)44-33(34,35)36/h6-13,16-17,19,24H,14-15,18H2,1-5H3. The van der Waals surface area contributed by atoms with Gasteiger partial charge in [0.1, 0.15) is 12.1 Å². The van der Waals surface area contributed by atoms with Crippen LogP contribution in [0.1, 0.15) is 42.5 Å². The van der Waals surface area contributed by atoms with E-state index in [-0.39, 0.29) is 11.8 Å². The lowest BCUT2D eigenvalue weighted by molar-refractivity contribution is -0.274. The van der Waals surface area contributed by atoms with Crippen molar-refractivity contribution >= 4 is 34.4 Å². The van der Waals surface area contributed by atoms with E-state index < -0.39 is 12.4 Å². The third-order valence-electron chi connectivity index (χ3n) is 7.27. The number of urea groups is 1. The maximum Gasteiger partial charge on any atom is 0.573 e. The molecule has 0 radical (unpaired) electrons. The minimum Gasteiger partial charge on any atom is -0.406 e. The second-order valence-electron chi connectivity index (χ2n) is 11.1. The van der Waals surface area contributed by atoms with Crippen molar-refractivity contribution in [2.45, 2.75) is 59.9 Å². The van der Waals surface area contributed by atoms with Crippen molar-refractivity contribution in [2.24, 2.45) is 9.98 Å². The number of amidine groups is 1. The lowest BCUT2D eigenvalue weighted by Gasteiger charge is -2.37. The van der Waals surface area contributed by atoms with Gasteiger partial charge in [-0.2, -0.15) is 4.99 Å². The van der Waals surface area contributed by atoms with E-state index in [9.17, 15) is 18.0 Å². The Morgan fingerprint density at radius 3 is 2.36 bits per heavy atom. The summed E-state index contributed by atoms with van der Waals surface area (Å²) in [5, 5.41) is 5.12. The van der Waals surface area contributed by atoms with Crippen LogP contribution < -0.4 is 9.64 Å². The second-order valence-corrected chi connectivity index (χ2v) is 12.1. The van der Waals surface area contributed by atoms with E-state index in [1.807, 2.05) is 31.2 Å². The van der Waals surface area contributed by atoms with Gasteiger partial charge in [0.2, 0.25) is 0 Å². The molecule has 4 aromatic rings. The van der Waals surface area contributed by atoms with Crippen molar-refractivity contribution in [1.82, 2.24) is 14.8 Å². The normalized spacial score (nSPS) is 16.7. The molecule has 1 fully saturated rings. The number of amides is 2. The fourth-order valence-corrected chi connectivity index (χ4v) is 6.55. The lowest BCUT2D eigenvalue weighted by Crippen LogP contribution is -2.42. The number of halogens is 3. The Hall–Kier alpha value is -4.45. The van der Waals surface area contributed by atoms with Gasteiger partial charge in [-0.3, -0.25) is 0 Å². The van der Waals surface area contributed by atoms with Gasteiger partial charge in [0, 0.05) is 35.2 Å². The van der Waals surface area contributed by atoms with Crippen LogP contribution in [-0.2, 0) is 6.42 Å². The van der Waals surface area contributed by atoms with Crippen LogP contribution in [0.3, 0.4) is 0 Å². The highest BCUT2D eigenvalue weighted by Gasteiger charge is 2.31. The summed E-state index contributed by atoms with van der Waals surface area (Å²) in [5.74, 6) is 1.03. The summed E-state index contributed by atoms with van der Waals surface area (Å²) in [6.07, 6.45) is -1.81. The Labute approximate surface area is 264 Å². The highest BCUT2D eigenvalue weighted by molar-refractivity contribution is 8.14. The Kier molecular flexibility index (Phi) is 9.42. The van der Waals surface area contributed by atoms with Gasteiger partial charge in [-0.15, -0.1) is 18.3 Å². The Morgan fingerprint density at radius 1 is 1.04 bits per heavy atom. The Bertz CT molecular complexity index is 1720. The quantitative estimate of drug-likeness (QED) is 0.199. The van der Waals surface area contributed by atoms with Crippen LogP contribution in [0.15, 0.2) is 77.0 Å². The van der Waals surface area contributed by atoms with Gasteiger partial charge in [-0.1, -0.05) is 53.7 Å². The Morgan fingerprint density at radius 2 is 1.71 bits per heavy atom. The number of aromatic nitrogens is 3. The van der Waals surface area contributed by atoms with Crippen LogP contribution in [0, 0.1) is 20.8 Å². The van der Waals surface area contributed by atoms with Gasteiger partial charge in [-0.05, 0) is 82.0 Å². The SMILES string of the molecule is CC(Cc1ccc(-c2ncn(-c3ccc(OC(F)(F)F)cc3)n2)cc1)=NC(=O)N=C1SCCC(C)N1c1c(C)cc(C)cc1C. The first kappa shape index (κ1) is 32.0. The summed E-state index contributed by atoms with van der Waals surface area (Å²) >= 11 is 1.58. The van der Waals surface area contributed by atoms with Crippen LogP contribution in [0.25, 0.3) is 17.1 Å². The van der Waals surface area contributed by atoms with Crippen LogP contribution in [0.5, 0.6) is 5.75 Å². The number of anilines is 1.